The van der Waals surface area contributed by atoms with Crippen molar-refractivity contribution in [2.75, 3.05) is 6.54 Å². The van der Waals surface area contributed by atoms with Gasteiger partial charge in [-0.25, -0.2) is 4.68 Å². The van der Waals surface area contributed by atoms with Crippen LogP contribution >= 0.6 is 15.9 Å². The van der Waals surface area contributed by atoms with Crippen molar-refractivity contribution in [1.82, 2.24) is 19.9 Å². The van der Waals surface area contributed by atoms with E-state index in [1.807, 2.05) is 49.9 Å². The average Bonchev–Trinajstić information content (AvgIpc) is 2.92. The Morgan fingerprint density at radius 2 is 2.08 bits per heavy atom. The predicted octanol–water partition coefficient (Wildman–Crippen LogP) is 4.38. The third kappa shape index (κ3) is 4.23. The van der Waals surface area contributed by atoms with Crippen LogP contribution < -0.4 is 0 Å². The van der Waals surface area contributed by atoms with Crippen LogP contribution in [0.1, 0.15) is 56.2 Å². The molecule has 0 saturated carbocycles. The molecular formula is C18H25BrN4O. The van der Waals surface area contributed by atoms with Gasteiger partial charge in [-0.05, 0) is 45.4 Å². The van der Waals surface area contributed by atoms with E-state index in [0.717, 1.165) is 41.7 Å². The van der Waals surface area contributed by atoms with E-state index in [2.05, 4.69) is 33.2 Å². The molecule has 2 rings (SSSR count). The minimum atomic E-state index is -0.0418. The molecule has 6 heteroatoms. The highest BCUT2D eigenvalue weighted by atomic mass is 79.9. The van der Waals surface area contributed by atoms with Gasteiger partial charge in [0.05, 0.1) is 11.4 Å². The average molecular weight is 393 g/mol. The first-order valence-electron chi connectivity index (χ1n) is 8.45. The van der Waals surface area contributed by atoms with Gasteiger partial charge in [-0.1, -0.05) is 47.0 Å². The molecule has 0 aliphatic carbocycles. The summed E-state index contributed by atoms with van der Waals surface area (Å²) in [5.41, 5.74) is 2.08. The summed E-state index contributed by atoms with van der Waals surface area (Å²) in [4.78, 5) is 14.8. The number of unbranched alkanes of at least 4 members (excludes halogenated alkanes) is 2. The molecule has 0 N–H and O–H groups in total. The molecule has 0 atom stereocenters. The first kappa shape index (κ1) is 18.6. The number of nitrogens with zero attached hydrogens (tertiary/aromatic N) is 4. The fraction of sp³-hybridized carbons (Fsp3) is 0.500. The van der Waals surface area contributed by atoms with E-state index in [1.165, 1.54) is 0 Å². The molecule has 5 nitrogen and oxygen atoms in total. The highest BCUT2D eigenvalue weighted by molar-refractivity contribution is 9.10. The van der Waals surface area contributed by atoms with Crippen molar-refractivity contribution in [2.24, 2.45) is 0 Å². The number of carbonyl (C=O) groups is 1. The molecule has 0 bridgehead atoms. The minimum Gasteiger partial charge on any atom is -0.335 e. The smallest absolute Gasteiger partial charge is 0.276 e. The summed E-state index contributed by atoms with van der Waals surface area (Å²) in [7, 11) is 0. The molecule has 0 spiro atoms. The highest BCUT2D eigenvalue weighted by Gasteiger charge is 2.24. The zero-order chi connectivity index (χ0) is 17.7. The molecule has 24 heavy (non-hydrogen) atoms. The van der Waals surface area contributed by atoms with Gasteiger partial charge in [-0.2, -0.15) is 0 Å². The van der Waals surface area contributed by atoms with Crippen molar-refractivity contribution in [3.63, 3.8) is 0 Å². The van der Waals surface area contributed by atoms with Crippen LogP contribution in [-0.2, 0) is 0 Å². The van der Waals surface area contributed by atoms with Crippen LogP contribution in [0.3, 0.4) is 0 Å². The van der Waals surface area contributed by atoms with Gasteiger partial charge in [-0.15, -0.1) is 5.10 Å². The van der Waals surface area contributed by atoms with Gasteiger partial charge in [0.25, 0.3) is 5.91 Å². The Balaban J connectivity index is 2.26. The molecular weight excluding hydrogens is 368 g/mol. The van der Waals surface area contributed by atoms with Gasteiger partial charge in [0, 0.05) is 17.1 Å². The number of benzene rings is 1. The van der Waals surface area contributed by atoms with Crippen molar-refractivity contribution in [3.8, 4) is 5.69 Å². The second-order valence-electron chi connectivity index (χ2n) is 6.21. The molecule has 0 fully saturated rings. The lowest BCUT2D eigenvalue weighted by molar-refractivity contribution is 0.0695. The molecule has 0 aliphatic rings. The van der Waals surface area contributed by atoms with Crippen molar-refractivity contribution < 1.29 is 4.79 Å². The first-order chi connectivity index (χ1) is 11.5. The summed E-state index contributed by atoms with van der Waals surface area (Å²) >= 11 is 3.46. The van der Waals surface area contributed by atoms with E-state index < -0.39 is 0 Å². The number of amides is 1. The van der Waals surface area contributed by atoms with Crippen LogP contribution in [-0.4, -0.2) is 38.4 Å². The summed E-state index contributed by atoms with van der Waals surface area (Å²) in [6.45, 7) is 8.89. The molecule has 1 heterocycles. The zero-order valence-electron chi connectivity index (χ0n) is 14.8. The summed E-state index contributed by atoms with van der Waals surface area (Å²) < 4.78 is 2.67. The fourth-order valence-corrected chi connectivity index (χ4v) is 3.03. The summed E-state index contributed by atoms with van der Waals surface area (Å²) in [6, 6.07) is 7.94. The Kier molecular flexibility index (Phi) is 6.54. The summed E-state index contributed by atoms with van der Waals surface area (Å²) in [6.07, 6.45) is 3.28. The summed E-state index contributed by atoms with van der Waals surface area (Å²) in [5.74, 6) is -0.0418. The Hall–Kier alpha value is -1.69. The second-order valence-corrected chi connectivity index (χ2v) is 7.13. The SMILES string of the molecule is CCCCCN(C(=O)c1nnn(-c2cccc(Br)c2)c1C)C(C)C. The number of aromatic nitrogens is 3. The van der Waals surface area contributed by atoms with Gasteiger partial charge in [0.15, 0.2) is 5.69 Å². The Morgan fingerprint density at radius 3 is 2.71 bits per heavy atom. The lowest BCUT2D eigenvalue weighted by Crippen LogP contribution is -2.38. The van der Waals surface area contributed by atoms with Crippen LogP contribution in [0.15, 0.2) is 28.7 Å². The zero-order valence-corrected chi connectivity index (χ0v) is 16.4. The monoisotopic (exact) mass is 392 g/mol. The number of rotatable bonds is 7. The van der Waals surface area contributed by atoms with Gasteiger partial charge in [0.1, 0.15) is 0 Å². The topological polar surface area (TPSA) is 51.0 Å². The van der Waals surface area contributed by atoms with Gasteiger partial charge in [0.2, 0.25) is 0 Å². The van der Waals surface area contributed by atoms with E-state index in [4.69, 9.17) is 0 Å². The van der Waals surface area contributed by atoms with E-state index in [1.54, 1.807) is 4.68 Å². The van der Waals surface area contributed by atoms with Crippen molar-refractivity contribution in [3.05, 3.63) is 40.1 Å². The van der Waals surface area contributed by atoms with Crippen molar-refractivity contribution in [1.29, 1.82) is 0 Å². The standard InChI is InChI=1S/C18H25BrN4O/c1-5-6-7-11-22(13(2)3)18(24)17-14(4)23(21-20-17)16-10-8-9-15(19)12-16/h8-10,12-13H,5-7,11H2,1-4H3. The van der Waals surface area contributed by atoms with Crippen LogP contribution in [0.2, 0.25) is 0 Å². The quantitative estimate of drug-likeness (QED) is 0.656. The van der Waals surface area contributed by atoms with E-state index in [0.29, 0.717) is 5.69 Å². The van der Waals surface area contributed by atoms with E-state index >= 15 is 0 Å². The largest absolute Gasteiger partial charge is 0.335 e. The van der Waals surface area contributed by atoms with Gasteiger partial charge >= 0.3 is 0 Å². The van der Waals surface area contributed by atoms with Crippen LogP contribution in [0.5, 0.6) is 0 Å². The summed E-state index contributed by atoms with van der Waals surface area (Å²) in [5, 5.41) is 8.34. The minimum absolute atomic E-state index is 0.0418. The molecule has 0 radical (unpaired) electrons. The van der Waals surface area contributed by atoms with Gasteiger partial charge in [-0.3, -0.25) is 4.79 Å². The van der Waals surface area contributed by atoms with Crippen molar-refractivity contribution >= 4 is 21.8 Å². The lowest BCUT2D eigenvalue weighted by Gasteiger charge is -2.26. The first-order valence-corrected chi connectivity index (χ1v) is 9.24. The maximum Gasteiger partial charge on any atom is 0.276 e. The fourth-order valence-electron chi connectivity index (χ4n) is 2.64. The molecule has 0 saturated heterocycles. The lowest BCUT2D eigenvalue weighted by atomic mass is 10.2. The van der Waals surface area contributed by atoms with Crippen molar-refractivity contribution in [2.45, 2.75) is 53.0 Å². The maximum atomic E-state index is 12.9. The number of hydrogen-bond acceptors (Lipinski definition) is 3. The molecule has 2 aromatic rings. The third-order valence-electron chi connectivity index (χ3n) is 4.04. The number of halogens is 1. The van der Waals surface area contributed by atoms with Gasteiger partial charge < -0.3 is 4.90 Å². The molecule has 0 unspecified atom stereocenters. The van der Waals surface area contributed by atoms with Crippen LogP contribution in [0, 0.1) is 6.92 Å². The normalized spacial score (nSPS) is 11.1. The maximum absolute atomic E-state index is 12.9. The Labute approximate surface area is 152 Å². The molecule has 1 aromatic heterocycles. The number of hydrogen-bond donors (Lipinski definition) is 0. The van der Waals surface area contributed by atoms with Crippen LogP contribution in [0.4, 0.5) is 0 Å². The Bertz CT molecular complexity index is 696. The van der Waals surface area contributed by atoms with Crippen LogP contribution in [0.25, 0.3) is 5.69 Å². The molecule has 0 aliphatic heterocycles. The second kappa shape index (κ2) is 8.42. The molecule has 130 valence electrons. The van der Waals surface area contributed by atoms with E-state index in [9.17, 15) is 4.79 Å². The van der Waals surface area contributed by atoms with E-state index in [-0.39, 0.29) is 11.9 Å². The predicted molar refractivity (Wildman–Crippen MR) is 99.5 cm³/mol. The molecule has 1 amide bonds. The molecule has 1 aromatic carbocycles. The number of carbonyl (C=O) groups excluding carboxylic acids is 1. The third-order valence-corrected chi connectivity index (χ3v) is 4.53. The highest BCUT2D eigenvalue weighted by Crippen LogP contribution is 2.18. The Morgan fingerprint density at radius 1 is 1.33 bits per heavy atom.